The Kier molecular flexibility index (Phi) is 8.60. The highest BCUT2D eigenvalue weighted by Gasteiger charge is 2.18. The van der Waals surface area contributed by atoms with Crippen molar-refractivity contribution >= 4 is 23.5 Å². The van der Waals surface area contributed by atoms with Gasteiger partial charge in [0, 0.05) is 51.0 Å². The quantitative estimate of drug-likeness (QED) is 0.433. The van der Waals surface area contributed by atoms with Crippen LogP contribution in [0.3, 0.4) is 0 Å². The van der Waals surface area contributed by atoms with Gasteiger partial charge in [-0.2, -0.15) is 0 Å². The van der Waals surface area contributed by atoms with Crippen LogP contribution < -0.4 is 10.2 Å². The molecular formula is C23H33N5O4S. The third-order valence-corrected chi connectivity index (χ3v) is 6.55. The topological polar surface area (TPSA) is 93.0 Å². The maximum absolute atomic E-state index is 12.4. The molecule has 4 rings (SSSR count). The number of nitrogens with zero attached hydrogens (tertiary/aromatic N) is 4. The van der Waals surface area contributed by atoms with Gasteiger partial charge in [-0.25, -0.2) is 9.97 Å². The van der Waals surface area contributed by atoms with Gasteiger partial charge in [-0.1, -0.05) is 25.6 Å². The highest BCUT2D eigenvalue weighted by atomic mass is 32.2. The van der Waals surface area contributed by atoms with Crippen LogP contribution in [0.1, 0.15) is 41.8 Å². The van der Waals surface area contributed by atoms with Gasteiger partial charge in [0.25, 0.3) is 5.91 Å². The van der Waals surface area contributed by atoms with Gasteiger partial charge in [0.15, 0.2) is 10.9 Å². The van der Waals surface area contributed by atoms with E-state index in [2.05, 4.69) is 35.0 Å². The first-order valence-electron chi connectivity index (χ1n) is 11.6. The first-order valence-corrected chi connectivity index (χ1v) is 12.6. The number of rotatable bonds is 9. The summed E-state index contributed by atoms with van der Waals surface area (Å²) >= 11 is 1.52. The highest BCUT2D eigenvalue weighted by molar-refractivity contribution is 7.98. The van der Waals surface area contributed by atoms with Crippen LogP contribution in [-0.4, -0.2) is 86.5 Å². The SMILES string of the molecule is CC(C)c1cc(N2CCOCC2)nc(SCc2ccc(C(=O)NCCN3CCOCC3)o2)n1. The third kappa shape index (κ3) is 6.92. The fourth-order valence-electron chi connectivity index (χ4n) is 3.70. The van der Waals surface area contributed by atoms with Crippen LogP contribution in [-0.2, 0) is 15.2 Å². The molecule has 4 heterocycles. The molecule has 2 fully saturated rings. The molecule has 0 bridgehead atoms. The molecule has 2 saturated heterocycles. The second-order valence-corrected chi connectivity index (χ2v) is 9.39. The van der Waals surface area contributed by atoms with Crippen LogP contribution >= 0.6 is 11.8 Å². The van der Waals surface area contributed by atoms with Gasteiger partial charge in [-0.05, 0) is 18.1 Å². The minimum absolute atomic E-state index is 0.188. The number of morpholine rings is 2. The summed E-state index contributed by atoms with van der Waals surface area (Å²) in [4.78, 5) is 26.4. The molecule has 0 spiro atoms. The van der Waals surface area contributed by atoms with E-state index in [0.29, 0.717) is 37.2 Å². The number of thioether (sulfide) groups is 1. The van der Waals surface area contributed by atoms with E-state index in [1.807, 2.05) is 6.07 Å². The number of hydrogen-bond acceptors (Lipinski definition) is 9. The van der Waals surface area contributed by atoms with Crippen molar-refractivity contribution in [1.29, 1.82) is 0 Å². The summed E-state index contributed by atoms with van der Waals surface area (Å²) in [6, 6.07) is 5.65. The predicted molar refractivity (Wildman–Crippen MR) is 127 cm³/mol. The van der Waals surface area contributed by atoms with Gasteiger partial charge in [-0.15, -0.1) is 0 Å². The van der Waals surface area contributed by atoms with Crippen molar-refractivity contribution in [3.63, 3.8) is 0 Å². The van der Waals surface area contributed by atoms with E-state index in [1.54, 1.807) is 6.07 Å². The summed E-state index contributed by atoms with van der Waals surface area (Å²) in [5.41, 5.74) is 1.02. The van der Waals surface area contributed by atoms with E-state index in [4.69, 9.17) is 23.9 Å². The molecule has 2 aromatic heterocycles. The molecule has 33 heavy (non-hydrogen) atoms. The van der Waals surface area contributed by atoms with Crippen LogP contribution in [0.25, 0.3) is 0 Å². The molecule has 10 heteroatoms. The minimum Gasteiger partial charge on any atom is -0.455 e. The number of furan rings is 1. The average molecular weight is 476 g/mol. The van der Waals surface area contributed by atoms with Crippen molar-refractivity contribution in [2.24, 2.45) is 0 Å². The Morgan fingerprint density at radius 2 is 1.82 bits per heavy atom. The van der Waals surface area contributed by atoms with Crippen molar-refractivity contribution in [1.82, 2.24) is 20.2 Å². The van der Waals surface area contributed by atoms with Crippen LogP contribution in [0, 0.1) is 0 Å². The Morgan fingerprint density at radius 3 is 2.55 bits per heavy atom. The predicted octanol–water partition coefficient (Wildman–Crippen LogP) is 2.38. The van der Waals surface area contributed by atoms with Crippen molar-refractivity contribution in [2.75, 3.05) is 70.6 Å². The lowest BCUT2D eigenvalue weighted by atomic mass is 10.1. The van der Waals surface area contributed by atoms with Crippen molar-refractivity contribution in [2.45, 2.75) is 30.7 Å². The molecule has 0 aliphatic carbocycles. The number of nitrogens with one attached hydrogen (secondary N) is 1. The Balaban J connectivity index is 1.31. The zero-order valence-electron chi connectivity index (χ0n) is 19.4. The second-order valence-electron chi connectivity index (χ2n) is 8.45. The zero-order chi connectivity index (χ0) is 23.0. The number of ether oxygens (including phenoxy) is 2. The normalized spacial score (nSPS) is 17.5. The van der Waals surface area contributed by atoms with Crippen LogP contribution in [0.4, 0.5) is 5.82 Å². The largest absolute Gasteiger partial charge is 0.455 e. The first kappa shape index (κ1) is 24.0. The molecule has 0 atom stereocenters. The van der Waals surface area contributed by atoms with Crippen molar-refractivity contribution in [3.8, 4) is 0 Å². The molecule has 9 nitrogen and oxygen atoms in total. The van der Waals surface area contributed by atoms with Gasteiger partial charge < -0.3 is 24.1 Å². The summed E-state index contributed by atoms with van der Waals surface area (Å²) in [6.07, 6.45) is 0. The smallest absolute Gasteiger partial charge is 0.287 e. The summed E-state index contributed by atoms with van der Waals surface area (Å²) < 4.78 is 16.6. The summed E-state index contributed by atoms with van der Waals surface area (Å²) in [7, 11) is 0. The van der Waals surface area contributed by atoms with Gasteiger partial charge in [0.05, 0.1) is 32.2 Å². The Morgan fingerprint density at radius 1 is 1.09 bits per heavy atom. The highest BCUT2D eigenvalue weighted by Crippen LogP contribution is 2.26. The van der Waals surface area contributed by atoms with Crippen molar-refractivity contribution in [3.05, 3.63) is 35.4 Å². The van der Waals surface area contributed by atoms with E-state index in [-0.39, 0.29) is 5.91 Å². The molecule has 1 N–H and O–H groups in total. The van der Waals surface area contributed by atoms with Gasteiger partial charge in [0.2, 0.25) is 0 Å². The Bertz CT molecular complexity index is 910. The molecule has 0 unspecified atom stereocenters. The molecule has 2 aliphatic heterocycles. The van der Waals surface area contributed by atoms with Crippen LogP contribution in [0.2, 0.25) is 0 Å². The fourth-order valence-corrected chi connectivity index (χ4v) is 4.45. The molecular weight excluding hydrogens is 442 g/mol. The third-order valence-electron chi connectivity index (χ3n) is 5.68. The van der Waals surface area contributed by atoms with E-state index in [0.717, 1.165) is 68.4 Å². The Hall–Kier alpha value is -2.14. The number of anilines is 1. The number of carbonyl (C=O) groups excluding carboxylic acids is 1. The van der Waals surface area contributed by atoms with Gasteiger partial charge >= 0.3 is 0 Å². The van der Waals surface area contributed by atoms with Crippen molar-refractivity contribution < 1.29 is 18.7 Å². The minimum atomic E-state index is -0.188. The molecule has 2 aliphatic rings. The van der Waals surface area contributed by atoms with E-state index in [1.165, 1.54) is 11.8 Å². The maximum Gasteiger partial charge on any atom is 0.287 e. The maximum atomic E-state index is 12.4. The molecule has 0 aromatic carbocycles. The second kappa shape index (κ2) is 11.8. The molecule has 180 valence electrons. The first-order chi connectivity index (χ1) is 16.1. The summed E-state index contributed by atoms with van der Waals surface area (Å²) in [5.74, 6) is 2.68. The summed E-state index contributed by atoms with van der Waals surface area (Å²) in [6.45, 7) is 12.1. The Labute approximate surface area is 199 Å². The molecule has 0 radical (unpaired) electrons. The molecule has 0 saturated carbocycles. The summed E-state index contributed by atoms with van der Waals surface area (Å²) in [5, 5.41) is 3.65. The molecule has 2 aromatic rings. The number of hydrogen-bond donors (Lipinski definition) is 1. The standard InChI is InChI=1S/C23H33N5O4S/c1-17(2)19-15-21(28-9-13-31-14-10-28)26-23(25-19)33-16-18-3-4-20(32-18)22(29)24-5-6-27-7-11-30-12-8-27/h3-4,15,17H,5-14,16H2,1-2H3,(H,24,29). The lowest BCUT2D eigenvalue weighted by Gasteiger charge is -2.28. The monoisotopic (exact) mass is 475 g/mol. The van der Waals surface area contributed by atoms with Gasteiger partial charge in [0.1, 0.15) is 11.6 Å². The number of amides is 1. The van der Waals surface area contributed by atoms with E-state index in [9.17, 15) is 4.79 Å². The molecule has 1 amide bonds. The average Bonchev–Trinajstić information content (AvgIpc) is 3.33. The fraction of sp³-hybridized carbons (Fsp3) is 0.609. The lowest BCUT2D eigenvalue weighted by molar-refractivity contribution is 0.0382. The van der Waals surface area contributed by atoms with Gasteiger partial charge in [-0.3, -0.25) is 9.69 Å². The van der Waals surface area contributed by atoms with E-state index < -0.39 is 0 Å². The van der Waals surface area contributed by atoms with Crippen LogP contribution in [0.15, 0.2) is 27.8 Å². The van der Waals surface area contributed by atoms with E-state index >= 15 is 0 Å². The lowest BCUT2D eigenvalue weighted by Crippen LogP contribution is -2.41. The number of carbonyl (C=O) groups is 1. The van der Waals surface area contributed by atoms with Crippen LogP contribution in [0.5, 0.6) is 0 Å². The zero-order valence-corrected chi connectivity index (χ0v) is 20.2. The number of aromatic nitrogens is 2.